The predicted molar refractivity (Wildman–Crippen MR) is 66.0 cm³/mol. The lowest BCUT2D eigenvalue weighted by molar-refractivity contribution is -0.138. The largest absolute Gasteiger partial charge is 0.417 e. The van der Waals surface area contributed by atoms with Gasteiger partial charge in [-0.3, -0.25) is 0 Å². The van der Waals surface area contributed by atoms with Crippen LogP contribution in [0.15, 0.2) is 27.6 Å². The Balaban J connectivity index is 3.23. The van der Waals surface area contributed by atoms with Gasteiger partial charge >= 0.3 is 6.18 Å². The van der Waals surface area contributed by atoms with E-state index in [1.165, 1.54) is 6.92 Å². The molecule has 1 aromatic carbocycles. The Bertz CT molecular complexity index is 560. The van der Waals surface area contributed by atoms with Crippen LogP contribution in [0.3, 0.4) is 0 Å². The van der Waals surface area contributed by atoms with Gasteiger partial charge in [0.2, 0.25) is 10.0 Å². The molecule has 0 aliphatic heterocycles. The van der Waals surface area contributed by atoms with E-state index < -0.39 is 39.3 Å². The summed E-state index contributed by atoms with van der Waals surface area (Å²) in [5.41, 5.74) is -1.08. The Labute approximate surface area is 116 Å². The Kier molecular flexibility index (Phi) is 4.99. The average Bonchev–Trinajstić information content (AvgIpc) is 2.26. The second-order valence-electron chi connectivity index (χ2n) is 3.84. The van der Waals surface area contributed by atoms with Crippen LogP contribution in [0.25, 0.3) is 0 Å². The van der Waals surface area contributed by atoms with Gasteiger partial charge in [-0.25, -0.2) is 13.1 Å². The first-order valence-corrected chi connectivity index (χ1v) is 7.35. The fourth-order valence-electron chi connectivity index (χ4n) is 1.26. The third-order valence-electron chi connectivity index (χ3n) is 2.18. The average molecular weight is 362 g/mol. The molecule has 0 fully saturated rings. The van der Waals surface area contributed by atoms with Crippen LogP contribution in [0.1, 0.15) is 12.5 Å². The third-order valence-corrected chi connectivity index (χ3v) is 4.46. The number of aliphatic hydroxyl groups is 1. The van der Waals surface area contributed by atoms with E-state index in [4.69, 9.17) is 5.11 Å². The zero-order valence-corrected chi connectivity index (χ0v) is 12.1. The molecule has 1 atom stereocenters. The van der Waals surface area contributed by atoms with Crippen LogP contribution in [-0.4, -0.2) is 26.2 Å². The van der Waals surface area contributed by atoms with Crippen LogP contribution >= 0.6 is 15.9 Å². The first-order chi connectivity index (χ1) is 8.58. The molecular weight excluding hydrogens is 351 g/mol. The lowest BCUT2D eigenvalue weighted by atomic mass is 10.2. The molecule has 1 rings (SSSR count). The lowest BCUT2D eigenvalue weighted by Crippen LogP contribution is -2.35. The SMILES string of the molecule is CC(CO)NS(=O)(=O)c1ccc(Br)c(C(F)(F)F)c1. The third kappa shape index (κ3) is 4.16. The van der Waals surface area contributed by atoms with Crippen LogP contribution < -0.4 is 4.72 Å². The molecular formula is C10H11BrF3NO3S. The van der Waals surface area contributed by atoms with Gasteiger partial charge in [-0.15, -0.1) is 0 Å². The normalized spacial score (nSPS) is 14.4. The molecule has 0 saturated heterocycles. The van der Waals surface area contributed by atoms with Gasteiger partial charge in [0.1, 0.15) is 0 Å². The van der Waals surface area contributed by atoms with E-state index in [2.05, 4.69) is 20.7 Å². The summed E-state index contributed by atoms with van der Waals surface area (Å²) in [4.78, 5) is -0.511. The maximum atomic E-state index is 12.7. The smallest absolute Gasteiger partial charge is 0.395 e. The van der Waals surface area contributed by atoms with Crippen LogP contribution in [-0.2, 0) is 16.2 Å². The van der Waals surface area contributed by atoms with E-state index in [0.717, 1.165) is 12.1 Å². The first-order valence-electron chi connectivity index (χ1n) is 5.08. The fraction of sp³-hybridized carbons (Fsp3) is 0.400. The highest BCUT2D eigenvalue weighted by molar-refractivity contribution is 9.10. The van der Waals surface area contributed by atoms with Gasteiger partial charge in [-0.05, 0) is 25.1 Å². The van der Waals surface area contributed by atoms with E-state index in [1.807, 2.05) is 0 Å². The van der Waals surface area contributed by atoms with Gasteiger partial charge in [0.25, 0.3) is 0 Å². The lowest BCUT2D eigenvalue weighted by Gasteiger charge is -2.14. The van der Waals surface area contributed by atoms with Crippen molar-refractivity contribution in [1.82, 2.24) is 4.72 Å². The summed E-state index contributed by atoms with van der Waals surface area (Å²) in [6.07, 6.45) is -4.66. The number of aliphatic hydroxyl groups excluding tert-OH is 1. The second kappa shape index (κ2) is 5.78. The van der Waals surface area contributed by atoms with Gasteiger partial charge in [0.05, 0.1) is 17.1 Å². The molecule has 1 aromatic rings. The number of halogens is 4. The molecule has 0 aliphatic rings. The molecule has 2 N–H and O–H groups in total. The number of rotatable bonds is 4. The zero-order valence-electron chi connectivity index (χ0n) is 9.70. The topological polar surface area (TPSA) is 66.4 Å². The molecule has 0 radical (unpaired) electrons. The monoisotopic (exact) mass is 361 g/mol. The molecule has 4 nitrogen and oxygen atoms in total. The van der Waals surface area contributed by atoms with Crippen LogP contribution in [0, 0.1) is 0 Å². The zero-order chi connectivity index (χ0) is 14.8. The number of nitrogens with one attached hydrogen (secondary N) is 1. The van der Waals surface area contributed by atoms with Gasteiger partial charge in [-0.2, -0.15) is 13.2 Å². The molecule has 0 saturated carbocycles. The minimum atomic E-state index is -4.66. The summed E-state index contributed by atoms with van der Waals surface area (Å²) < 4.78 is 63.4. The van der Waals surface area contributed by atoms with E-state index in [9.17, 15) is 21.6 Å². The number of hydrogen-bond acceptors (Lipinski definition) is 3. The summed E-state index contributed by atoms with van der Waals surface area (Å²) >= 11 is 2.72. The number of alkyl halides is 3. The molecule has 0 aromatic heterocycles. The van der Waals surface area contributed by atoms with Gasteiger partial charge in [-0.1, -0.05) is 15.9 Å². The minimum absolute atomic E-state index is 0.242. The standard InChI is InChI=1S/C10H11BrF3NO3S/c1-6(5-16)15-19(17,18)7-2-3-9(11)8(4-7)10(12,13)14/h2-4,6,15-16H,5H2,1H3. The molecule has 9 heteroatoms. The van der Waals surface area contributed by atoms with Crippen molar-refractivity contribution in [3.05, 3.63) is 28.2 Å². The Morgan fingerprint density at radius 3 is 2.47 bits per heavy atom. The van der Waals surface area contributed by atoms with Crippen molar-refractivity contribution >= 4 is 26.0 Å². The van der Waals surface area contributed by atoms with Crippen LogP contribution in [0.2, 0.25) is 0 Å². The summed E-state index contributed by atoms with van der Waals surface area (Å²) in [5.74, 6) is 0. The maximum Gasteiger partial charge on any atom is 0.417 e. The summed E-state index contributed by atoms with van der Waals surface area (Å²) in [6, 6.07) is 1.81. The van der Waals surface area contributed by atoms with Crippen LogP contribution in [0.4, 0.5) is 13.2 Å². The van der Waals surface area contributed by atoms with Crippen molar-refractivity contribution in [2.24, 2.45) is 0 Å². The maximum absolute atomic E-state index is 12.7. The molecule has 19 heavy (non-hydrogen) atoms. The highest BCUT2D eigenvalue weighted by Crippen LogP contribution is 2.36. The molecule has 0 bridgehead atoms. The molecule has 0 heterocycles. The first kappa shape index (κ1) is 16.4. The minimum Gasteiger partial charge on any atom is -0.395 e. The summed E-state index contributed by atoms with van der Waals surface area (Å²) in [5, 5.41) is 8.76. The molecule has 0 amide bonds. The van der Waals surface area contributed by atoms with Crippen molar-refractivity contribution in [3.8, 4) is 0 Å². The van der Waals surface area contributed by atoms with E-state index >= 15 is 0 Å². The molecule has 1 unspecified atom stereocenters. The molecule has 0 aliphatic carbocycles. The van der Waals surface area contributed by atoms with Crippen molar-refractivity contribution in [1.29, 1.82) is 0 Å². The van der Waals surface area contributed by atoms with E-state index in [-0.39, 0.29) is 4.47 Å². The summed E-state index contributed by atoms with van der Waals surface area (Å²) in [7, 11) is -4.10. The van der Waals surface area contributed by atoms with E-state index in [0.29, 0.717) is 6.07 Å². The van der Waals surface area contributed by atoms with Gasteiger partial charge in [0, 0.05) is 10.5 Å². The number of sulfonamides is 1. The fourth-order valence-corrected chi connectivity index (χ4v) is 2.99. The van der Waals surface area contributed by atoms with Crippen molar-refractivity contribution in [2.75, 3.05) is 6.61 Å². The van der Waals surface area contributed by atoms with Crippen molar-refractivity contribution in [2.45, 2.75) is 24.0 Å². The Morgan fingerprint density at radius 1 is 1.42 bits per heavy atom. The molecule has 0 spiro atoms. The van der Waals surface area contributed by atoms with Crippen molar-refractivity contribution < 1.29 is 26.7 Å². The predicted octanol–water partition coefficient (Wildman–Crippen LogP) is 2.13. The number of benzene rings is 1. The van der Waals surface area contributed by atoms with Crippen LogP contribution in [0.5, 0.6) is 0 Å². The highest BCUT2D eigenvalue weighted by Gasteiger charge is 2.34. The van der Waals surface area contributed by atoms with Gasteiger partial charge in [0.15, 0.2) is 0 Å². The Morgan fingerprint density at radius 2 is 2.00 bits per heavy atom. The Hall–Kier alpha value is -0.640. The summed E-state index contributed by atoms with van der Waals surface area (Å²) in [6.45, 7) is 0.933. The highest BCUT2D eigenvalue weighted by atomic mass is 79.9. The quantitative estimate of drug-likeness (QED) is 0.863. The molecule has 108 valence electrons. The second-order valence-corrected chi connectivity index (χ2v) is 6.41. The van der Waals surface area contributed by atoms with Crippen molar-refractivity contribution in [3.63, 3.8) is 0 Å². The number of hydrogen-bond donors (Lipinski definition) is 2. The van der Waals surface area contributed by atoms with E-state index in [1.54, 1.807) is 0 Å². The van der Waals surface area contributed by atoms with Gasteiger partial charge < -0.3 is 5.11 Å².